The minimum Gasteiger partial charge on any atom is -0.391 e. The van der Waals surface area contributed by atoms with Gasteiger partial charge in [-0.05, 0) is 88.0 Å². The van der Waals surface area contributed by atoms with Crippen molar-refractivity contribution >= 4 is 0 Å². The van der Waals surface area contributed by atoms with E-state index in [1.54, 1.807) is 0 Å². The average molecular weight is 249 g/mol. The maximum atomic E-state index is 10.8. The van der Waals surface area contributed by atoms with Crippen molar-refractivity contribution in [3.63, 3.8) is 0 Å². The zero-order valence-corrected chi connectivity index (χ0v) is 11.7. The van der Waals surface area contributed by atoms with Crippen LogP contribution in [0.1, 0.15) is 45.4 Å². The third-order valence-corrected chi connectivity index (χ3v) is 7.45. The molecule has 18 heavy (non-hydrogen) atoms. The maximum Gasteiger partial charge on any atom is 0.0752 e. The highest BCUT2D eigenvalue weighted by molar-refractivity contribution is 5.15. The van der Waals surface area contributed by atoms with Crippen LogP contribution in [0.3, 0.4) is 0 Å². The number of aliphatic hydroxyl groups excluding tert-OH is 1. The van der Waals surface area contributed by atoms with Crippen LogP contribution < -0.4 is 5.32 Å². The predicted octanol–water partition coefficient (Wildman–Crippen LogP) is 2.42. The maximum absolute atomic E-state index is 10.8. The monoisotopic (exact) mass is 249 g/mol. The number of hydrogen-bond acceptors (Lipinski definition) is 2. The lowest BCUT2D eigenvalue weighted by molar-refractivity contribution is -0.198. The Morgan fingerprint density at radius 1 is 0.944 bits per heavy atom. The zero-order chi connectivity index (χ0) is 12.5. The van der Waals surface area contributed by atoms with Gasteiger partial charge in [0.15, 0.2) is 0 Å². The van der Waals surface area contributed by atoms with Crippen molar-refractivity contribution < 1.29 is 5.11 Å². The molecule has 0 heterocycles. The Bertz CT molecular complexity index is 349. The van der Waals surface area contributed by atoms with E-state index < -0.39 is 0 Å². The summed E-state index contributed by atoms with van der Waals surface area (Å²) in [6.45, 7) is 2.28. The largest absolute Gasteiger partial charge is 0.391 e. The van der Waals surface area contributed by atoms with Crippen molar-refractivity contribution in [2.24, 2.45) is 35.5 Å². The molecule has 0 aromatic heterocycles. The van der Waals surface area contributed by atoms with Crippen LogP contribution in [0.25, 0.3) is 0 Å². The predicted molar refractivity (Wildman–Crippen MR) is 72.1 cm³/mol. The first-order chi connectivity index (χ1) is 8.66. The van der Waals surface area contributed by atoms with Crippen LogP contribution in [0.15, 0.2) is 0 Å². The van der Waals surface area contributed by atoms with Gasteiger partial charge in [0.05, 0.1) is 6.10 Å². The molecule has 6 fully saturated rings. The molecular formula is C16H27NO. The van der Waals surface area contributed by atoms with Gasteiger partial charge in [-0.1, -0.05) is 0 Å². The van der Waals surface area contributed by atoms with Gasteiger partial charge in [-0.25, -0.2) is 0 Å². The lowest BCUT2D eigenvalue weighted by Crippen LogP contribution is -2.71. The van der Waals surface area contributed by atoms with E-state index in [0.29, 0.717) is 5.92 Å². The van der Waals surface area contributed by atoms with Gasteiger partial charge in [0.1, 0.15) is 0 Å². The summed E-state index contributed by atoms with van der Waals surface area (Å²) in [5.41, 5.74) is -0.0123. The molecule has 2 heteroatoms. The fourth-order valence-corrected chi connectivity index (χ4v) is 6.60. The van der Waals surface area contributed by atoms with E-state index in [-0.39, 0.29) is 11.6 Å². The van der Waals surface area contributed by atoms with Gasteiger partial charge in [0.25, 0.3) is 0 Å². The van der Waals surface area contributed by atoms with Gasteiger partial charge in [0.2, 0.25) is 0 Å². The highest BCUT2D eigenvalue weighted by Crippen LogP contribution is 2.64. The smallest absolute Gasteiger partial charge is 0.0752 e. The lowest BCUT2D eigenvalue weighted by Gasteiger charge is -2.67. The van der Waals surface area contributed by atoms with Gasteiger partial charge in [0, 0.05) is 5.54 Å². The molecule has 6 rings (SSSR count). The molecule has 0 radical (unpaired) electrons. The summed E-state index contributed by atoms with van der Waals surface area (Å²) < 4.78 is 0. The van der Waals surface area contributed by atoms with Crippen LogP contribution in [0.2, 0.25) is 0 Å². The van der Waals surface area contributed by atoms with Crippen LogP contribution in [0.4, 0.5) is 0 Å². The quantitative estimate of drug-likeness (QED) is 0.748. The normalized spacial score (nSPS) is 61.8. The fourth-order valence-electron chi connectivity index (χ4n) is 6.60. The fraction of sp³-hybridized carbons (Fsp3) is 1.00. The molecule has 4 bridgehead atoms. The summed E-state index contributed by atoms with van der Waals surface area (Å²) in [5.74, 6) is 5.03. The minimum absolute atomic E-state index is 0.0123. The first-order valence-electron chi connectivity index (χ1n) is 8.04. The van der Waals surface area contributed by atoms with Crippen LogP contribution in [-0.2, 0) is 0 Å². The van der Waals surface area contributed by atoms with Crippen molar-refractivity contribution in [3.05, 3.63) is 0 Å². The summed E-state index contributed by atoms with van der Waals surface area (Å²) in [6, 6.07) is 0. The van der Waals surface area contributed by atoms with E-state index in [1.807, 2.05) is 0 Å². The van der Waals surface area contributed by atoms with E-state index in [4.69, 9.17) is 0 Å². The molecule has 2 nitrogen and oxygen atoms in total. The Kier molecular flexibility index (Phi) is 2.43. The number of fused-ring (bicyclic) bond motifs is 4. The third kappa shape index (κ3) is 1.22. The molecule has 0 aromatic carbocycles. The molecule has 0 spiro atoms. The van der Waals surface area contributed by atoms with Crippen LogP contribution >= 0.6 is 0 Å². The Balaban J connectivity index is 1.76. The molecule has 102 valence electrons. The van der Waals surface area contributed by atoms with E-state index in [9.17, 15) is 5.11 Å². The van der Waals surface area contributed by atoms with Crippen molar-refractivity contribution in [1.82, 2.24) is 5.32 Å². The molecule has 2 N–H and O–H groups in total. The first-order valence-corrected chi connectivity index (χ1v) is 8.04. The molecule has 6 atom stereocenters. The van der Waals surface area contributed by atoms with Gasteiger partial charge in [-0.3, -0.25) is 0 Å². The molecule has 6 aliphatic rings. The first kappa shape index (κ1) is 11.7. The molecule has 0 aromatic rings. The molecule has 0 amide bonds. The lowest BCUT2D eigenvalue weighted by atomic mass is 9.41. The Labute approximate surface area is 111 Å². The van der Waals surface area contributed by atoms with Gasteiger partial charge in [-0.15, -0.1) is 0 Å². The van der Waals surface area contributed by atoms with E-state index >= 15 is 0 Å². The standard InChI is InChI=1S/C16H27NO/c1-16(17-2)12-8-7-11(15(16)18)13-9-3-5-10(6-4-9)14(12)13/h9-15,17-18H,3-8H2,1-2H3. The van der Waals surface area contributed by atoms with Crippen LogP contribution in [0, 0.1) is 35.5 Å². The highest BCUT2D eigenvalue weighted by Gasteiger charge is 2.63. The van der Waals surface area contributed by atoms with Gasteiger partial charge < -0.3 is 10.4 Å². The summed E-state index contributed by atoms with van der Waals surface area (Å²) in [7, 11) is 2.06. The van der Waals surface area contributed by atoms with Crippen molar-refractivity contribution in [2.45, 2.75) is 57.1 Å². The van der Waals surface area contributed by atoms with Crippen molar-refractivity contribution in [1.29, 1.82) is 0 Å². The Morgan fingerprint density at radius 2 is 1.56 bits per heavy atom. The summed E-state index contributed by atoms with van der Waals surface area (Å²) in [4.78, 5) is 0. The van der Waals surface area contributed by atoms with Crippen LogP contribution in [0.5, 0.6) is 0 Å². The average Bonchev–Trinajstić information content (AvgIpc) is 2.45. The molecular weight excluding hydrogens is 222 g/mol. The number of hydrogen-bond donors (Lipinski definition) is 2. The van der Waals surface area contributed by atoms with Crippen molar-refractivity contribution in [2.75, 3.05) is 7.05 Å². The van der Waals surface area contributed by atoms with E-state index in [0.717, 1.165) is 29.6 Å². The molecule has 6 unspecified atom stereocenters. The number of nitrogens with one attached hydrogen (secondary N) is 1. The number of likely N-dealkylation sites (N-methyl/N-ethyl adjacent to an activating group) is 1. The number of aliphatic hydroxyl groups is 1. The second kappa shape index (κ2) is 3.73. The summed E-state index contributed by atoms with van der Waals surface area (Å²) in [6.07, 6.45) is 8.39. The molecule has 6 aliphatic carbocycles. The summed E-state index contributed by atoms with van der Waals surface area (Å²) in [5, 5.41) is 14.3. The van der Waals surface area contributed by atoms with E-state index in [2.05, 4.69) is 19.3 Å². The van der Waals surface area contributed by atoms with Crippen molar-refractivity contribution in [3.8, 4) is 0 Å². The van der Waals surface area contributed by atoms with E-state index in [1.165, 1.54) is 38.5 Å². The topological polar surface area (TPSA) is 32.3 Å². The Hall–Kier alpha value is -0.0800. The minimum atomic E-state index is -0.109. The number of rotatable bonds is 1. The molecule has 0 saturated heterocycles. The van der Waals surface area contributed by atoms with Gasteiger partial charge in [-0.2, -0.15) is 0 Å². The molecule has 0 aliphatic heterocycles. The zero-order valence-electron chi connectivity index (χ0n) is 11.7. The van der Waals surface area contributed by atoms with Gasteiger partial charge >= 0.3 is 0 Å². The third-order valence-electron chi connectivity index (χ3n) is 7.45. The SMILES string of the molecule is CNC1(C)C(O)C2CCC1C1C3CCC(CC3)C21. The van der Waals surface area contributed by atoms with Crippen LogP contribution in [-0.4, -0.2) is 23.8 Å². The summed E-state index contributed by atoms with van der Waals surface area (Å²) >= 11 is 0. The second-order valence-corrected chi connectivity index (χ2v) is 7.65. The Morgan fingerprint density at radius 3 is 2.17 bits per heavy atom. The molecule has 6 saturated carbocycles. The highest BCUT2D eigenvalue weighted by atomic mass is 16.3. The second-order valence-electron chi connectivity index (χ2n) is 7.65.